The number of likely N-dealkylation sites (N-methyl/N-ethyl adjacent to an activating group) is 1. The van der Waals surface area contributed by atoms with Gasteiger partial charge in [-0.3, -0.25) is 14.5 Å². The first-order chi connectivity index (χ1) is 13.6. The van der Waals surface area contributed by atoms with Crippen molar-refractivity contribution in [2.24, 2.45) is 0 Å². The SMILES string of the molecule is COc1ccc(C2=C(N(C)CCO)C(=O)N(CCc3ccccc3)C2=O)cc1. The van der Waals surface area contributed by atoms with Gasteiger partial charge >= 0.3 is 0 Å². The highest BCUT2D eigenvalue weighted by Crippen LogP contribution is 2.32. The molecule has 0 bridgehead atoms. The number of nitrogens with zero attached hydrogens (tertiary/aromatic N) is 2. The van der Waals surface area contributed by atoms with E-state index in [-0.39, 0.29) is 25.0 Å². The predicted octanol–water partition coefficient (Wildman–Crippen LogP) is 1.94. The third-order valence-corrected chi connectivity index (χ3v) is 4.81. The molecule has 0 fully saturated rings. The van der Waals surface area contributed by atoms with Gasteiger partial charge in [-0.15, -0.1) is 0 Å². The Balaban J connectivity index is 1.91. The smallest absolute Gasteiger partial charge is 0.277 e. The van der Waals surface area contributed by atoms with E-state index in [4.69, 9.17) is 4.74 Å². The second-order valence-electron chi connectivity index (χ2n) is 6.59. The Morgan fingerprint density at radius 3 is 2.29 bits per heavy atom. The molecule has 0 aromatic heterocycles. The van der Waals surface area contributed by atoms with E-state index in [1.807, 2.05) is 30.3 Å². The second kappa shape index (κ2) is 8.71. The van der Waals surface area contributed by atoms with Gasteiger partial charge in [-0.2, -0.15) is 0 Å². The van der Waals surface area contributed by atoms with E-state index in [0.717, 1.165) is 5.56 Å². The number of rotatable bonds is 8. The van der Waals surface area contributed by atoms with Crippen LogP contribution in [0.15, 0.2) is 60.3 Å². The molecule has 3 rings (SSSR count). The van der Waals surface area contributed by atoms with Crippen LogP contribution in [0.5, 0.6) is 5.75 Å². The number of hydrogen-bond donors (Lipinski definition) is 1. The van der Waals surface area contributed by atoms with Crippen LogP contribution < -0.4 is 4.74 Å². The van der Waals surface area contributed by atoms with Gasteiger partial charge in [0.2, 0.25) is 0 Å². The normalized spacial score (nSPS) is 14.0. The van der Waals surface area contributed by atoms with Crippen LogP contribution in [0, 0.1) is 0 Å². The lowest BCUT2D eigenvalue weighted by molar-refractivity contribution is -0.137. The molecule has 1 aliphatic heterocycles. The van der Waals surface area contributed by atoms with Gasteiger partial charge in [0.15, 0.2) is 0 Å². The van der Waals surface area contributed by atoms with Gasteiger partial charge in [-0.05, 0) is 29.7 Å². The Kier molecular flexibility index (Phi) is 6.11. The highest BCUT2D eigenvalue weighted by atomic mass is 16.5. The number of imide groups is 1. The molecule has 0 saturated carbocycles. The van der Waals surface area contributed by atoms with Crippen molar-refractivity contribution in [1.29, 1.82) is 0 Å². The van der Waals surface area contributed by atoms with Crippen LogP contribution in [0.25, 0.3) is 5.57 Å². The second-order valence-corrected chi connectivity index (χ2v) is 6.59. The summed E-state index contributed by atoms with van der Waals surface area (Å²) in [6, 6.07) is 16.8. The van der Waals surface area contributed by atoms with Crippen LogP contribution in [-0.4, -0.2) is 60.6 Å². The van der Waals surface area contributed by atoms with E-state index in [9.17, 15) is 14.7 Å². The molecule has 0 aliphatic carbocycles. The van der Waals surface area contributed by atoms with E-state index in [1.165, 1.54) is 4.90 Å². The fourth-order valence-corrected chi connectivity index (χ4v) is 3.29. The number of aliphatic hydroxyl groups is 1. The molecule has 1 heterocycles. The number of benzene rings is 2. The minimum absolute atomic E-state index is 0.110. The Morgan fingerprint density at radius 2 is 1.68 bits per heavy atom. The number of hydrogen-bond acceptors (Lipinski definition) is 5. The topological polar surface area (TPSA) is 70.1 Å². The summed E-state index contributed by atoms with van der Waals surface area (Å²) >= 11 is 0. The summed E-state index contributed by atoms with van der Waals surface area (Å²) in [6.07, 6.45) is 0.588. The average Bonchev–Trinajstić information content (AvgIpc) is 2.97. The zero-order valence-corrected chi connectivity index (χ0v) is 16.1. The third-order valence-electron chi connectivity index (χ3n) is 4.81. The predicted molar refractivity (Wildman–Crippen MR) is 106 cm³/mol. The van der Waals surface area contributed by atoms with E-state index < -0.39 is 0 Å². The molecule has 6 heteroatoms. The van der Waals surface area contributed by atoms with Crippen molar-refractivity contribution in [3.63, 3.8) is 0 Å². The van der Waals surface area contributed by atoms with E-state index in [2.05, 4.69) is 0 Å². The maximum Gasteiger partial charge on any atom is 0.277 e. The highest BCUT2D eigenvalue weighted by molar-refractivity contribution is 6.35. The molecule has 0 atom stereocenters. The summed E-state index contributed by atoms with van der Waals surface area (Å²) < 4.78 is 5.18. The lowest BCUT2D eigenvalue weighted by atomic mass is 10.0. The van der Waals surface area contributed by atoms with Crippen molar-refractivity contribution in [2.45, 2.75) is 6.42 Å². The van der Waals surface area contributed by atoms with Gasteiger partial charge in [0.25, 0.3) is 11.8 Å². The summed E-state index contributed by atoms with van der Waals surface area (Å²) in [5, 5.41) is 9.30. The number of aliphatic hydroxyl groups excluding tert-OH is 1. The van der Waals surface area contributed by atoms with Crippen molar-refractivity contribution in [1.82, 2.24) is 9.80 Å². The van der Waals surface area contributed by atoms with Gasteiger partial charge in [0.05, 0.1) is 19.3 Å². The van der Waals surface area contributed by atoms with Crippen molar-refractivity contribution in [3.8, 4) is 5.75 Å². The Morgan fingerprint density at radius 1 is 1.00 bits per heavy atom. The molecular formula is C22H24N2O4. The summed E-state index contributed by atoms with van der Waals surface area (Å²) in [5.74, 6) is 0.0286. The molecule has 2 aromatic carbocycles. The van der Waals surface area contributed by atoms with Crippen LogP contribution in [-0.2, 0) is 16.0 Å². The largest absolute Gasteiger partial charge is 0.497 e. The Labute approximate surface area is 164 Å². The van der Waals surface area contributed by atoms with Gasteiger partial charge in [0.1, 0.15) is 11.4 Å². The first-order valence-corrected chi connectivity index (χ1v) is 9.17. The molecular weight excluding hydrogens is 356 g/mol. The molecule has 0 unspecified atom stereocenters. The van der Waals surface area contributed by atoms with E-state index in [0.29, 0.717) is 35.5 Å². The number of ether oxygens (including phenoxy) is 1. The molecule has 28 heavy (non-hydrogen) atoms. The fourth-order valence-electron chi connectivity index (χ4n) is 3.29. The summed E-state index contributed by atoms with van der Waals surface area (Å²) in [6.45, 7) is 0.458. The fraction of sp³-hybridized carbons (Fsp3) is 0.273. The summed E-state index contributed by atoms with van der Waals surface area (Å²) in [5.41, 5.74) is 2.39. The lowest BCUT2D eigenvalue weighted by Gasteiger charge is -2.20. The van der Waals surface area contributed by atoms with Gasteiger partial charge in [0, 0.05) is 20.1 Å². The number of carbonyl (C=O) groups excluding carboxylic acids is 2. The minimum atomic E-state index is -0.331. The molecule has 2 aromatic rings. The average molecular weight is 380 g/mol. The molecule has 0 spiro atoms. The number of amides is 2. The zero-order chi connectivity index (χ0) is 20.1. The highest BCUT2D eigenvalue weighted by Gasteiger charge is 2.40. The van der Waals surface area contributed by atoms with E-state index >= 15 is 0 Å². The Bertz CT molecular complexity index is 875. The van der Waals surface area contributed by atoms with Crippen LogP contribution in [0.1, 0.15) is 11.1 Å². The van der Waals surface area contributed by atoms with Gasteiger partial charge in [-0.25, -0.2) is 0 Å². The zero-order valence-electron chi connectivity index (χ0n) is 16.1. The Hall–Kier alpha value is -3.12. The maximum atomic E-state index is 13.1. The van der Waals surface area contributed by atoms with Gasteiger partial charge in [-0.1, -0.05) is 42.5 Å². The monoisotopic (exact) mass is 380 g/mol. The van der Waals surface area contributed by atoms with E-state index in [1.54, 1.807) is 43.3 Å². The molecule has 146 valence electrons. The third kappa shape index (κ3) is 3.92. The standard InChI is InChI=1S/C22H24N2O4/c1-23(14-15-25)20-19(17-8-10-18(28-2)11-9-17)21(26)24(22(20)27)13-12-16-6-4-3-5-7-16/h3-11,25H,12-15H2,1-2H3. The van der Waals surface area contributed by atoms with Crippen LogP contribution in [0.4, 0.5) is 0 Å². The minimum Gasteiger partial charge on any atom is -0.497 e. The molecule has 2 amide bonds. The summed E-state index contributed by atoms with van der Waals surface area (Å²) in [7, 11) is 3.28. The quantitative estimate of drug-likeness (QED) is 0.709. The number of carbonyl (C=O) groups is 2. The van der Waals surface area contributed by atoms with Crippen molar-refractivity contribution in [2.75, 3.05) is 33.9 Å². The lowest BCUT2D eigenvalue weighted by Crippen LogP contribution is -2.36. The van der Waals surface area contributed by atoms with Crippen molar-refractivity contribution in [3.05, 3.63) is 71.4 Å². The van der Waals surface area contributed by atoms with Crippen molar-refractivity contribution < 1.29 is 19.4 Å². The first-order valence-electron chi connectivity index (χ1n) is 9.17. The molecule has 0 radical (unpaired) electrons. The molecule has 1 aliphatic rings. The van der Waals surface area contributed by atoms with Crippen LogP contribution in [0.3, 0.4) is 0 Å². The van der Waals surface area contributed by atoms with Gasteiger partial charge < -0.3 is 14.7 Å². The molecule has 0 saturated heterocycles. The van der Waals surface area contributed by atoms with Crippen molar-refractivity contribution >= 4 is 17.4 Å². The summed E-state index contributed by atoms with van der Waals surface area (Å²) in [4.78, 5) is 29.1. The molecule has 6 nitrogen and oxygen atoms in total. The number of methoxy groups -OCH3 is 1. The van der Waals surface area contributed by atoms with Crippen LogP contribution in [0.2, 0.25) is 0 Å². The van der Waals surface area contributed by atoms with Crippen LogP contribution >= 0.6 is 0 Å². The molecule has 1 N–H and O–H groups in total. The maximum absolute atomic E-state index is 13.1. The first kappa shape index (κ1) is 19.6.